The molecule has 194 valence electrons. The molecule has 36 heavy (non-hydrogen) atoms. The zero-order chi connectivity index (χ0) is 26.7. The molecular formula is C24H18F9NO2. The van der Waals surface area contributed by atoms with E-state index >= 15 is 0 Å². The third-order valence-corrected chi connectivity index (χ3v) is 5.07. The lowest BCUT2D eigenvalue weighted by atomic mass is 10.0. The summed E-state index contributed by atoms with van der Waals surface area (Å²) in [4.78, 5) is 0.899. The highest BCUT2D eigenvalue weighted by Gasteiger charge is 2.58. The zero-order valence-electron chi connectivity index (χ0n) is 18.1. The zero-order valence-corrected chi connectivity index (χ0v) is 18.1. The van der Waals surface area contributed by atoms with Crippen molar-refractivity contribution in [2.45, 2.75) is 30.9 Å². The normalized spacial score (nSPS) is 13.4. The monoisotopic (exact) mass is 523 g/mol. The Morgan fingerprint density at radius 2 is 1.42 bits per heavy atom. The number of alkyl halides is 8. The first-order chi connectivity index (χ1) is 16.7. The Hall–Kier alpha value is -3.41. The summed E-state index contributed by atoms with van der Waals surface area (Å²) in [6, 6.07) is 14.8. The fourth-order valence-corrected chi connectivity index (χ4v) is 3.18. The van der Waals surface area contributed by atoms with Crippen LogP contribution in [-0.4, -0.2) is 30.1 Å². The van der Waals surface area contributed by atoms with Gasteiger partial charge in [-0.1, -0.05) is 36.4 Å². The molecule has 1 atom stereocenters. The van der Waals surface area contributed by atoms with Crippen LogP contribution in [0.25, 0.3) is 0 Å². The highest BCUT2D eigenvalue weighted by molar-refractivity contribution is 5.52. The molecule has 0 amide bonds. The van der Waals surface area contributed by atoms with E-state index in [-0.39, 0.29) is 17.5 Å². The van der Waals surface area contributed by atoms with Crippen molar-refractivity contribution in [3.63, 3.8) is 0 Å². The molecule has 0 spiro atoms. The molecular weight excluding hydrogens is 505 g/mol. The van der Waals surface area contributed by atoms with Crippen LogP contribution in [-0.2, 0) is 12.5 Å². The Balaban J connectivity index is 1.93. The van der Waals surface area contributed by atoms with Crippen molar-refractivity contribution in [2.24, 2.45) is 0 Å². The molecule has 0 unspecified atom stereocenters. The predicted octanol–water partition coefficient (Wildman–Crippen LogP) is 7.20. The Morgan fingerprint density at radius 1 is 0.778 bits per heavy atom. The summed E-state index contributed by atoms with van der Waals surface area (Å²) >= 11 is 0. The number of para-hydroxylation sites is 1. The highest BCUT2D eigenvalue weighted by Crippen LogP contribution is 2.44. The summed E-state index contributed by atoms with van der Waals surface area (Å²) in [5, 5.41) is 9.59. The quantitative estimate of drug-likeness (QED) is 0.317. The number of anilines is 1. The van der Waals surface area contributed by atoms with E-state index < -0.39 is 54.4 Å². The number of hydrogen-bond acceptors (Lipinski definition) is 3. The molecule has 0 aromatic heterocycles. The van der Waals surface area contributed by atoms with Crippen molar-refractivity contribution in [2.75, 3.05) is 11.4 Å². The molecule has 12 heteroatoms. The lowest BCUT2D eigenvalue weighted by Gasteiger charge is -2.29. The summed E-state index contributed by atoms with van der Waals surface area (Å²) in [5.41, 5.74) is -2.09. The minimum atomic E-state index is -5.97. The smallest absolute Gasteiger partial charge is 0.457 e. The van der Waals surface area contributed by atoms with Crippen LogP contribution in [0.2, 0.25) is 0 Å². The first-order valence-corrected chi connectivity index (χ1v) is 10.2. The Bertz CT molecular complexity index is 1160. The lowest BCUT2D eigenvalue weighted by molar-refractivity contribution is -0.289. The van der Waals surface area contributed by atoms with Crippen LogP contribution in [0.3, 0.4) is 0 Å². The van der Waals surface area contributed by atoms with E-state index in [0.717, 1.165) is 4.90 Å². The molecule has 3 aromatic carbocycles. The van der Waals surface area contributed by atoms with Crippen molar-refractivity contribution < 1.29 is 49.4 Å². The molecule has 3 rings (SSSR count). The van der Waals surface area contributed by atoms with Crippen LogP contribution in [0.15, 0.2) is 72.8 Å². The largest absolute Gasteiger partial charge is 0.458 e. The predicted molar refractivity (Wildman–Crippen MR) is 112 cm³/mol. The number of halogens is 9. The van der Waals surface area contributed by atoms with E-state index in [1.54, 1.807) is 30.3 Å². The number of aliphatic hydroxyl groups excluding tert-OH is 1. The first-order valence-electron chi connectivity index (χ1n) is 10.2. The van der Waals surface area contributed by atoms with Crippen LogP contribution >= 0.6 is 0 Å². The van der Waals surface area contributed by atoms with Gasteiger partial charge in [0.2, 0.25) is 0 Å². The van der Waals surface area contributed by atoms with Gasteiger partial charge in [0.15, 0.2) is 6.10 Å². The topological polar surface area (TPSA) is 32.7 Å². The number of aliphatic hydroxyl groups is 1. The van der Waals surface area contributed by atoms with Gasteiger partial charge in [-0.3, -0.25) is 0 Å². The van der Waals surface area contributed by atoms with Gasteiger partial charge in [0.1, 0.15) is 17.3 Å². The molecule has 1 N–H and O–H groups in total. The van der Waals surface area contributed by atoms with E-state index in [1.807, 2.05) is 0 Å². The van der Waals surface area contributed by atoms with E-state index in [1.165, 1.54) is 24.3 Å². The minimum absolute atomic E-state index is 0.0177. The molecule has 0 fully saturated rings. The van der Waals surface area contributed by atoms with Gasteiger partial charge in [-0.05, 0) is 30.3 Å². The first kappa shape index (κ1) is 27.2. The number of benzene rings is 3. The second-order valence-electron chi connectivity index (χ2n) is 7.73. The van der Waals surface area contributed by atoms with Crippen molar-refractivity contribution in [3.8, 4) is 11.5 Å². The van der Waals surface area contributed by atoms with Gasteiger partial charge >= 0.3 is 18.3 Å². The average Bonchev–Trinajstić information content (AvgIpc) is 2.79. The number of ether oxygens (including phenoxy) is 1. The van der Waals surface area contributed by atoms with Crippen molar-refractivity contribution >= 4 is 5.69 Å². The third-order valence-electron chi connectivity index (χ3n) is 5.07. The Morgan fingerprint density at radius 3 is 2.00 bits per heavy atom. The van der Waals surface area contributed by atoms with Gasteiger partial charge in [0.25, 0.3) is 0 Å². The Kier molecular flexibility index (Phi) is 7.77. The maximum absolute atomic E-state index is 14.5. The van der Waals surface area contributed by atoms with Gasteiger partial charge in [-0.15, -0.1) is 0 Å². The second kappa shape index (κ2) is 10.3. The maximum Gasteiger partial charge on any atom is 0.458 e. The van der Waals surface area contributed by atoms with Crippen molar-refractivity contribution in [1.29, 1.82) is 0 Å². The van der Waals surface area contributed by atoms with Crippen LogP contribution < -0.4 is 9.64 Å². The molecule has 0 aliphatic heterocycles. The summed E-state index contributed by atoms with van der Waals surface area (Å²) in [7, 11) is 0. The van der Waals surface area contributed by atoms with Crippen LogP contribution in [0.5, 0.6) is 11.5 Å². The molecule has 0 bridgehead atoms. The molecule has 0 aliphatic rings. The van der Waals surface area contributed by atoms with Crippen molar-refractivity contribution in [3.05, 3.63) is 89.7 Å². The fourth-order valence-electron chi connectivity index (χ4n) is 3.18. The van der Waals surface area contributed by atoms with Crippen molar-refractivity contribution in [1.82, 2.24) is 0 Å². The lowest BCUT2D eigenvalue weighted by Crippen LogP contribution is -2.41. The Labute approximate surface area is 199 Å². The molecule has 3 aromatic rings. The highest BCUT2D eigenvalue weighted by atomic mass is 19.4. The SMILES string of the molecule is O[C@H](CN(Cc1ccc(C(F)(F)C(F)(F)F)cc1F)c1cccc(Oc2ccccc2)c1)C(F)(F)F. The van der Waals surface area contributed by atoms with E-state index in [0.29, 0.717) is 17.9 Å². The van der Waals surface area contributed by atoms with Gasteiger partial charge in [0.05, 0.1) is 6.54 Å². The van der Waals surface area contributed by atoms with Crippen LogP contribution in [0.4, 0.5) is 45.2 Å². The van der Waals surface area contributed by atoms with Gasteiger partial charge in [0, 0.05) is 29.4 Å². The molecule has 3 nitrogen and oxygen atoms in total. The van der Waals surface area contributed by atoms with Gasteiger partial charge < -0.3 is 14.7 Å². The number of nitrogens with zero attached hydrogens (tertiary/aromatic N) is 1. The van der Waals surface area contributed by atoms with E-state index in [9.17, 15) is 44.6 Å². The second-order valence-corrected chi connectivity index (χ2v) is 7.73. The van der Waals surface area contributed by atoms with Gasteiger partial charge in [-0.25, -0.2) is 4.39 Å². The fraction of sp³-hybridized carbons (Fsp3) is 0.250. The molecule has 0 saturated carbocycles. The maximum atomic E-state index is 14.5. The van der Waals surface area contributed by atoms with E-state index in [2.05, 4.69) is 0 Å². The summed E-state index contributed by atoms with van der Waals surface area (Å²) in [5.74, 6) is -6.23. The molecule has 0 radical (unpaired) electrons. The summed E-state index contributed by atoms with van der Waals surface area (Å²) in [6.45, 7) is -1.77. The van der Waals surface area contributed by atoms with Crippen LogP contribution in [0, 0.1) is 5.82 Å². The molecule has 0 heterocycles. The standard InChI is InChI=1S/C24H18F9NO2/c25-20-11-16(22(26,27)24(31,32)33)10-9-15(20)13-34(14-21(35)23(28,29)30)17-5-4-8-19(12-17)36-18-6-2-1-3-7-18/h1-12,21,35H,13-14H2/t21-/m1/s1. The number of hydrogen-bond donors (Lipinski definition) is 1. The minimum Gasteiger partial charge on any atom is -0.457 e. The third kappa shape index (κ3) is 6.42. The molecule has 0 saturated heterocycles. The average molecular weight is 523 g/mol. The number of rotatable bonds is 8. The summed E-state index contributed by atoms with van der Waals surface area (Å²) in [6.07, 6.45) is -13.9. The van der Waals surface area contributed by atoms with E-state index in [4.69, 9.17) is 4.74 Å². The van der Waals surface area contributed by atoms with Crippen LogP contribution in [0.1, 0.15) is 11.1 Å². The van der Waals surface area contributed by atoms with Gasteiger partial charge in [-0.2, -0.15) is 35.1 Å². The summed E-state index contributed by atoms with van der Waals surface area (Å²) < 4.78 is 124. The molecule has 0 aliphatic carbocycles.